The van der Waals surface area contributed by atoms with E-state index in [-0.39, 0.29) is 6.79 Å². The van der Waals surface area contributed by atoms with Gasteiger partial charge >= 0.3 is 0 Å². The summed E-state index contributed by atoms with van der Waals surface area (Å²) in [4.78, 5) is 0. The van der Waals surface area contributed by atoms with E-state index < -0.39 is 6.10 Å². The smallest absolute Gasteiger partial charge is 0.231 e. The summed E-state index contributed by atoms with van der Waals surface area (Å²) in [6, 6.07) is 5.37. The van der Waals surface area contributed by atoms with Crippen LogP contribution in [0.15, 0.2) is 18.2 Å². The van der Waals surface area contributed by atoms with E-state index in [4.69, 9.17) is 14.2 Å². The molecule has 1 aliphatic heterocycles. The topological polar surface area (TPSA) is 47.9 Å². The number of fused-ring (bicyclic) bond motifs is 1. The minimum atomic E-state index is -0.421. The Morgan fingerprint density at radius 1 is 1.40 bits per heavy atom. The number of ether oxygens (including phenoxy) is 3. The summed E-state index contributed by atoms with van der Waals surface area (Å²) in [7, 11) is 0. The molecule has 0 spiro atoms. The Morgan fingerprint density at radius 3 is 3.00 bits per heavy atom. The van der Waals surface area contributed by atoms with Gasteiger partial charge in [-0.15, -0.1) is 0 Å². The molecule has 0 saturated heterocycles. The maximum atomic E-state index is 9.33. The Hall–Kier alpha value is -1.42. The highest BCUT2D eigenvalue weighted by Gasteiger charge is 2.13. The molecule has 0 fully saturated rings. The molecular formula is C11H14O4. The van der Waals surface area contributed by atoms with Crippen molar-refractivity contribution in [2.24, 2.45) is 0 Å². The minimum absolute atomic E-state index is 0.260. The summed E-state index contributed by atoms with van der Waals surface area (Å²) in [5, 5.41) is 9.33. The summed E-state index contributed by atoms with van der Waals surface area (Å²) < 4.78 is 15.8. The first kappa shape index (κ1) is 10.1. The van der Waals surface area contributed by atoms with E-state index in [2.05, 4.69) is 0 Å². The van der Waals surface area contributed by atoms with Gasteiger partial charge in [-0.2, -0.15) is 0 Å². The Bertz CT molecular complexity index is 337. The van der Waals surface area contributed by atoms with Gasteiger partial charge in [0.25, 0.3) is 0 Å². The zero-order valence-electron chi connectivity index (χ0n) is 8.60. The van der Waals surface area contributed by atoms with Crippen LogP contribution in [0.1, 0.15) is 13.3 Å². The predicted molar refractivity (Wildman–Crippen MR) is 54.4 cm³/mol. The molecule has 1 aliphatic rings. The maximum Gasteiger partial charge on any atom is 0.231 e. The fraction of sp³-hybridized carbons (Fsp3) is 0.455. The molecule has 1 unspecified atom stereocenters. The lowest BCUT2D eigenvalue weighted by molar-refractivity contribution is 0.104. The molecule has 1 atom stereocenters. The van der Waals surface area contributed by atoms with Crippen molar-refractivity contribution >= 4 is 0 Å². The van der Waals surface area contributed by atoms with Gasteiger partial charge in [-0.25, -0.2) is 0 Å². The molecule has 0 aliphatic carbocycles. The highest BCUT2D eigenvalue weighted by Crippen LogP contribution is 2.35. The van der Waals surface area contributed by atoms with E-state index in [0.717, 1.165) is 5.75 Å². The van der Waals surface area contributed by atoms with Crippen molar-refractivity contribution in [1.29, 1.82) is 0 Å². The van der Waals surface area contributed by atoms with Gasteiger partial charge in [0.1, 0.15) is 12.4 Å². The van der Waals surface area contributed by atoms with Crippen molar-refractivity contribution in [3.05, 3.63) is 18.2 Å². The van der Waals surface area contributed by atoms with Crippen molar-refractivity contribution in [2.45, 2.75) is 19.4 Å². The van der Waals surface area contributed by atoms with Crippen LogP contribution in [-0.4, -0.2) is 24.6 Å². The SMILES string of the molecule is CCC(O)COc1ccc2c(c1)OCO2. The minimum Gasteiger partial charge on any atom is -0.491 e. The standard InChI is InChI=1S/C11H14O4/c1-2-8(12)6-13-9-3-4-10-11(5-9)15-7-14-10/h3-5,8,12H,2,6-7H2,1H3. The fourth-order valence-electron chi connectivity index (χ4n) is 1.28. The zero-order valence-corrected chi connectivity index (χ0v) is 8.60. The lowest BCUT2D eigenvalue weighted by atomic mass is 10.3. The van der Waals surface area contributed by atoms with E-state index in [0.29, 0.717) is 24.5 Å². The van der Waals surface area contributed by atoms with Crippen molar-refractivity contribution in [1.82, 2.24) is 0 Å². The number of hydrogen-bond acceptors (Lipinski definition) is 4. The van der Waals surface area contributed by atoms with E-state index in [1.807, 2.05) is 6.92 Å². The molecule has 0 bridgehead atoms. The molecule has 2 rings (SSSR count). The highest BCUT2D eigenvalue weighted by atomic mass is 16.7. The first-order valence-corrected chi connectivity index (χ1v) is 5.00. The largest absolute Gasteiger partial charge is 0.491 e. The lowest BCUT2D eigenvalue weighted by Crippen LogP contribution is -2.15. The Morgan fingerprint density at radius 2 is 2.20 bits per heavy atom. The van der Waals surface area contributed by atoms with Crippen LogP contribution in [0.2, 0.25) is 0 Å². The summed E-state index contributed by atoms with van der Waals surface area (Å²) >= 11 is 0. The number of aliphatic hydroxyl groups excluding tert-OH is 1. The number of aliphatic hydroxyl groups is 1. The van der Waals surface area contributed by atoms with E-state index >= 15 is 0 Å². The second kappa shape index (κ2) is 4.40. The third-order valence-corrected chi connectivity index (χ3v) is 2.26. The predicted octanol–water partition coefficient (Wildman–Crippen LogP) is 1.56. The van der Waals surface area contributed by atoms with E-state index in [1.54, 1.807) is 18.2 Å². The van der Waals surface area contributed by atoms with Crippen molar-refractivity contribution in [3.63, 3.8) is 0 Å². The Labute approximate surface area is 88.4 Å². The molecule has 4 heteroatoms. The quantitative estimate of drug-likeness (QED) is 0.819. The van der Waals surface area contributed by atoms with Crippen LogP contribution in [0.5, 0.6) is 17.2 Å². The van der Waals surface area contributed by atoms with Crippen LogP contribution < -0.4 is 14.2 Å². The van der Waals surface area contributed by atoms with Crippen LogP contribution in [-0.2, 0) is 0 Å². The fourth-order valence-corrected chi connectivity index (χ4v) is 1.28. The van der Waals surface area contributed by atoms with Crippen molar-refractivity contribution in [3.8, 4) is 17.2 Å². The lowest BCUT2D eigenvalue weighted by Gasteiger charge is -2.10. The molecule has 0 aromatic heterocycles. The Balaban J connectivity index is 1.98. The third-order valence-electron chi connectivity index (χ3n) is 2.26. The van der Waals surface area contributed by atoms with Crippen LogP contribution in [0.3, 0.4) is 0 Å². The van der Waals surface area contributed by atoms with Gasteiger partial charge in [-0.05, 0) is 18.6 Å². The average Bonchev–Trinajstić information content (AvgIpc) is 2.72. The van der Waals surface area contributed by atoms with Crippen molar-refractivity contribution in [2.75, 3.05) is 13.4 Å². The summed E-state index contributed by atoms with van der Waals surface area (Å²) in [6.07, 6.45) is 0.264. The normalized spacial score (nSPS) is 15.1. The molecule has 0 amide bonds. The van der Waals surface area contributed by atoms with Gasteiger partial charge < -0.3 is 19.3 Å². The Kier molecular flexibility index (Phi) is 2.97. The number of benzene rings is 1. The second-order valence-electron chi connectivity index (χ2n) is 3.39. The summed E-state index contributed by atoms with van der Waals surface area (Å²) in [6.45, 7) is 2.47. The molecule has 1 N–H and O–H groups in total. The van der Waals surface area contributed by atoms with Crippen LogP contribution in [0.4, 0.5) is 0 Å². The number of hydrogen-bond donors (Lipinski definition) is 1. The first-order valence-electron chi connectivity index (χ1n) is 5.00. The molecule has 1 aromatic rings. The molecule has 4 nitrogen and oxygen atoms in total. The average molecular weight is 210 g/mol. The molecule has 15 heavy (non-hydrogen) atoms. The number of rotatable bonds is 4. The van der Waals surface area contributed by atoms with Crippen LogP contribution in [0, 0.1) is 0 Å². The van der Waals surface area contributed by atoms with Crippen LogP contribution >= 0.6 is 0 Å². The molecule has 1 heterocycles. The van der Waals surface area contributed by atoms with Gasteiger partial charge in [0.15, 0.2) is 11.5 Å². The van der Waals surface area contributed by atoms with Crippen molar-refractivity contribution < 1.29 is 19.3 Å². The van der Waals surface area contributed by atoms with Gasteiger partial charge in [-0.1, -0.05) is 6.92 Å². The maximum absolute atomic E-state index is 9.33. The molecule has 0 radical (unpaired) electrons. The summed E-state index contributed by atoms with van der Waals surface area (Å²) in [5.74, 6) is 2.11. The van der Waals surface area contributed by atoms with Crippen LogP contribution in [0.25, 0.3) is 0 Å². The van der Waals surface area contributed by atoms with E-state index in [9.17, 15) is 5.11 Å². The zero-order chi connectivity index (χ0) is 10.7. The molecular weight excluding hydrogens is 196 g/mol. The molecule has 0 saturated carbocycles. The van der Waals surface area contributed by atoms with Gasteiger partial charge in [0.05, 0.1) is 6.10 Å². The van der Waals surface area contributed by atoms with Gasteiger partial charge in [0.2, 0.25) is 6.79 Å². The van der Waals surface area contributed by atoms with Gasteiger partial charge in [-0.3, -0.25) is 0 Å². The second-order valence-corrected chi connectivity index (χ2v) is 3.39. The monoisotopic (exact) mass is 210 g/mol. The van der Waals surface area contributed by atoms with Gasteiger partial charge in [0, 0.05) is 6.07 Å². The third kappa shape index (κ3) is 2.33. The summed E-state index contributed by atoms with van der Waals surface area (Å²) in [5.41, 5.74) is 0. The first-order chi connectivity index (χ1) is 7.29. The molecule has 1 aromatic carbocycles. The highest BCUT2D eigenvalue weighted by molar-refractivity contribution is 5.46. The van der Waals surface area contributed by atoms with E-state index in [1.165, 1.54) is 0 Å². The molecule has 82 valence electrons.